The number of anilines is 2. The summed E-state index contributed by atoms with van der Waals surface area (Å²) in [7, 11) is 0. The second-order valence-electron chi connectivity index (χ2n) is 10.7. The topological polar surface area (TPSA) is 93.5 Å². The van der Waals surface area contributed by atoms with Crippen molar-refractivity contribution in [3.63, 3.8) is 0 Å². The van der Waals surface area contributed by atoms with E-state index in [1.54, 1.807) is 24.3 Å². The minimum absolute atomic E-state index is 0. The molecule has 0 heterocycles. The van der Waals surface area contributed by atoms with Crippen LogP contribution in [0.25, 0.3) is 10.8 Å². The lowest BCUT2D eigenvalue weighted by atomic mass is 9.97. The maximum Gasteiger partial charge on any atom is 0.411 e. The molecule has 2 amide bonds. The Morgan fingerprint density at radius 2 is 1.48 bits per heavy atom. The summed E-state index contributed by atoms with van der Waals surface area (Å²) in [6.45, 7) is 0.165. The van der Waals surface area contributed by atoms with Crippen molar-refractivity contribution in [2.45, 2.75) is 30.9 Å². The number of benzene rings is 5. The zero-order valence-corrected chi connectivity index (χ0v) is 23.8. The quantitative estimate of drug-likeness (QED) is 0.176. The first-order valence-corrected chi connectivity index (χ1v) is 13.7. The van der Waals surface area contributed by atoms with Gasteiger partial charge < -0.3 is 15.8 Å². The summed E-state index contributed by atoms with van der Waals surface area (Å²) >= 11 is 0. The fourth-order valence-corrected chi connectivity index (χ4v) is 5.31. The number of hydrogen-bond acceptors (Lipinski definition) is 4. The van der Waals surface area contributed by atoms with E-state index in [0.29, 0.717) is 16.9 Å². The predicted octanol–water partition coefficient (Wildman–Crippen LogP) is 7.69. The Balaban J connectivity index is 0.00000353. The van der Waals surface area contributed by atoms with Gasteiger partial charge in [0, 0.05) is 28.4 Å². The van der Waals surface area contributed by atoms with Crippen molar-refractivity contribution in [1.29, 1.82) is 0 Å². The fraction of sp³-hybridized carbons (Fsp3) is 0.143. The number of nitrogens with two attached hydrogens (primary N) is 1. The molecule has 5 aromatic rings. The Hall–Kier alpha value is -4.65. The third kappa shape index (κ3) is 6.79. The molecule has 4 N–H and O–H groups in total. The molecule has 6 rings (SSSR count). The van der Waals surface area contributed by atoms with E-state index in [2.05, 4.69) is 53.1 Å². The molecule has 0 aliphatic heterocycles. The van der Waals surface area contributed by atoms with Crippen LogP contribution in [0.3, 0.4) is 0 Å². The Morgan fingerprint density at radius 3 is 2.26 bits per heavy atom. The van der Waals surface area contributed by atoms with E-state index in [0.717, 1.165) is 18.4 Å². The van der Waals surface area contributed by atoms with Crippen LogP contribution in [-0.4, -0.2) is 17.5 Å². The van der Waals surface area contributed by atoms with Gasteiger partial charge in [0.25, 0.3) is 5.91 Å². The monoisotopic (exact) mass is 577 g/mol. The van der Waals surface area contributed by atoms with E-state index in [1.165, 1.54) is 21.9 Å². The number of nitrogens with one attached hydrogen (secondary N) is 2. The summed E-state index contributed by atoms with van der Waals surface area (Å²) in [5, 5.41) is 8.08. The number of hydrogen-bond donors (Lipinski definition) is 3. The molecule has 0 spiro atoms. The Bertz CT molecular complexity index is 1710. The zero-order valence-electron chi connectivity index (χ0n) is 23.0. The van der Waals surface area contributed by atoms with Crippen LogP contribution in [0.2, 0.25) is 0 Å². The lowest BCUT2D eigenvalue weighted by Crippen LogP contribution is -2.27. The van der Waals surface area contributed by atoms with Crippen LogP contribution in [0.1, 0.15) is 39.4 Å². The number of halogens is 1. The number of ether oxygens (including phenoxy) is 1. The van der Waals surface area contributed by atoms with Crippen molar-refractivity contribution in [2.24, 2.45) is 5.73 Å². The van der Waals surface area contributed by atoms with Crippen molar-refractivity contribution in [3.8, 4) is 0 Å². The fourth-order valence-electron chi connectivity index (χ4n) is 5.31. The minimum atomic E-state index is -0.585. The molecule has 6 nitrogen and oxygen atoms in total. The van der Waals surface area contributed by atoms with Gasteiger partial charge in [0.2, 0.25) is 0 Å². The van der Waals surface area contributed by atoms with Gasteiger partial charge in [0.05, 0.1) is 0 Å². The van der Waals surface area contributed by atoms with Gasteiger partial charge in [-0.2, -0.15) is 0 Å². The van der Waals surface area contributed by atoms with E-state index in [1.807, 2.05) is 54.6 Å². The molecule has 1 aliphatic carbocycles. The van der Waals surface area contributed by atoms with Crippen LogP contribution in [-0.2, 0) is 17.8 Å². The first-order valence-electron chi connectivity index (χ1n) is 13.7. The SMILES string of the molecule is Cl.N[C@@]1(Cc2ccc3ccccc3c2)C[C@H]1c1ccc(NC(=O)c2cccc(NC(=O)OCc3ccccc3)c2)cc1. The third-order valence-electron chi connectivity index (χ3n) is 7.62. The van der Waals surface area contributed by atoms with E-state index in [9.17, 15) is 9.59 Å². The molecule has 0 aromatic heterocycles. The highest BCUT2D eigenvalue weighted by Crippen LogP contribution is 2.51. The molecule has 7 heteroatoms. The molecular formula is C35H32ClN3O3. The van der Waals surface area contributed by atoms with Crippen LogP contribution >= 0.6 is 12.4 Å². The van der Waals surface area contributed by atoms with E-state index in [-0.39, 0.29) is 36.4 Å². The van der Waals surface area contributed by atoms with Crippen LogP contribution < -0.4 is 16.4 Å². The molecule has 0 radical (unpaired) electrons. The molecule has 1 aliphatic rings. The molecule has 1 saturated carbocycles. The van der Waals surface area contributed by atoms with Gasteiger partial charge in [-0.15, -0.1) is 12.4 Å². The summed E-state index contributed by atoms with van der Waals surface area (Å²) in [6.07, 6.45) is 1.17. The summed E-state index contributed by atoms with van der Waals surface area (Å²) < 4.78 is 5.27. The maximum atomic E-state index is 12.9. The van der Waals surface area contributed by atoms with Gasteiger partial charge >= 0.3 is 6.09 Å². The van der Waals surface area contributed by atoms with Gasteiger partial charge in [0.1, 0.15) is 6.61 Å². The highest BCUT2D eigenvalue weighted by atomic mass is 35.5. The number of fused-ring (bicyclic) bond motifs is 1. The number of carbonyl (C=O) groups excluding carboxylic acids is 2. The molecule has 42 heavy (non-hydrogen) atoms. The highest BCUT2D eigenvalue weighted by Gasteiger charge is 2.51. The van der Waals surface area contributed by atoms with Crippen LogP contribution in [0.5, 0.6) is 0 Å². The first-order chi connectivity index (χ1) is 19.9. The standard InChI is InChI=1S/C35H31N3O3.ClH/c36-35(21-25-13-14-26-9-4-5-10-28(26)19-25)22-32(35)27-15-17-30(18-16-27)37-33(39)29-11-6-12-31(20-29)38-34(40)41-23-24-7-2-1-3-8-24;/h1-20,32H,21-23,36H2,(H,37,39)(H,38,40);1H/t32-,35-;/m0./s1. The molecular weight excluding hydrogens is 546 g/mol. The summed E-state index contributed by atoms with van der Waals surface area (Å²) in [4.78, 5) is 25.1. The lowest BCUT2D eigenvalue weighted by Gasteiger charge is -2.13. The van der Waals surface area contributed by atoms with Crippen molar-refractivity contribution in [2.75, 3.05) is 10.6 Å². The van der Waals surface area contributed by atoms with Gasteiger partial charge in [0.15, 0.2) is 0 Å². The van der Waals surface area contributed by atoms with E-state index < -0.39 is 6.09 Å². The van der Waals surface area contributed by atoms with E-state index in [4.69, 9.17) is 10.5 Å². The van der Waals surface area contributed by atoms with Gasteiger partial charge in [-0.1, -0.05) is 91.0 Å². The average Bonchev–Trinajstić information content (AvgIpc) is 3.67. The second-order valence-corrected chi connectivity index (χ2v) is 10.7. The highest BCUT2D eigenvalue weighted by molar-refractivity contribution is 6.05. The summed E-state index contributed by atoms with van der Waals surface area (Å²) in [5.41, 5.74) is 11.4. The molecule has 0 saturated heterocycles. The summed E-state index contributed by atoms with van der Waals surface area (Å²) in [5.74, 6) is 0.0121. The maximum absolute atomic E-state index is 12.9. The normalized spacial score (nSPS) is 17.1. The molecule has 0 bridgehead atoms. The molecule has 0 unspecified atom stereocenters. The Kier molecular flexibility index (Phi) is 8.57. The molecule has 1 fully saturated rings. The van der Waals surface area contributed by atoms with Crippen LogP contribution in [0.4, 0.5) is 16.2 Å². The van der Waals surface area contributed by atoms with Gasteiger partial charge in [-0.05, 0) is 70.6 Å². The lowest BCUT2D eigenvalue weighted by molar-refractivity contribution is 0.102. The van der Waals surface area contributed by atoms with Crippen LogP contribution in [0.15, 0.2) is 121 Å². The van der Waals surface area contributed by atoms with Crippen molar-refractivity contribution in [3.05, 3.63) is 144 Å². The minimum Gasteiger partial charge on any atom is -0.444 e. The predicted molar refractivity (Wildman–Crippen MR) is 170 cm³/mol. The average molecular weight is 578 g/mol. The molecule has 212 valence electrons. The number of amides is 2. The molecule has 5 aromatic carbocycles. The summed E-state index contributed by atoms with van der Waals surface area (Å²) in [6, 6.07) is 39.0. The van der Waals surface area contributed by atoms with Gasteiger partial charge in [-0.3, -0.25) is 10.1 Å². The third-order valence-corrected chi connectivity index (χ3v) is 7.62. The van der Waals surface area contributed by atoms with E-state index >= 15 is 0 Å². The van der Waals surface area contributed by atoms with Gasteiger partial charge in [-0.25, -0.2) is 4.79 Å². The largest absolute Gasteiger partial charge is 0.444 e. The number of rotatable bonds is 8. The Labute approximate surface area is 251 Å². The number of carbonyl (C=O) groups is 2. The molecule has 2 atom stereocenters. The smallest absolute Gasteiger partial charge is 0.411 e. The van der Waals surface area contributed by atoms with Crippen molar-refractivity contribution < 1.29 is 14.3 Å². The van der Waals surface area contributed by atoms with Crippen molar-refractivity contribution >= 4 is 46.6 Å². The van der Waals surface area contributed by atoms with Crippen molar-refractivity contribution in [1.82, 2.24) is 0 Å². The first kappa shape index (κ1) is 28.9. The Morgan fingerprint density at radius 1 is 0.738 bits per heavy atom. The zero-order chi connectivity index (χ0) is 28.2. The van der Waals surface area contributed by atoms with Crippen LogP contribution in [0, 0.1) is 0 Å². The second kappa shape index (κ2) is 12.5.